The summed E-state index contributed by atoms with van der Waals surface area (Å²) >= 11 is 0. The number of benzene rings is 1. The quantitative estimate of drug-likeness (QED) is 0.628. The van der Waals surface area contributed by atoms with E-state index in [9.17, 15) is 4.79 Å². The number of aliphatic carboxylic acids is 1. The molecule has 0 radical (unpaired) electrons. The highest BCUT2D eigenvalue weighted by Gasteiger charge is 2.14. The van der Waals surface area contributed by atoms with Crippen molar-refractivity contribution in [3.8, 4) is 0 Å². The maximum absolute atomic E-state index is 10.6. The van der Waals surface area contributed by atoms with Crippen LogP contribution in [0.3, 0.4) is 0 Å². The molecular weight excluding hydrogens is 218 g/mol. The van der Waals surface area contributed by atoms with Gasteiger partial charge in [0.1, 0.15) is 6.04 Å². The van der Waals surface area contributed by atoms with Gasteiger partial charge in [0.25, 0.3) is 0 Å². The number of aromatic nitrogens is 1. The summed E-state index contributed by atoms with van der Waals surface area (Å²) in [6.45, 7) is 0. The van der Waals surface area contributed by atoms with E-state index in [1.54, 1.807) is 0 Å². The summed E-state index contributed by atoms with van der Waals surface area (Å²) in [5.74, 6) is -0.972. The number of para-hydroxylation sites is 1. The molecule has 1 aromatic carbocycles. The summed E-state index contributed by atoms with van der Waals surface area (Å²) in [5.41, 5.74) is 11.9. The maximum Gasteiger partial charge on any atom is 0.320 e. The van der Waals surface area contributed by atoms with E-state index in [0.29, 0.717) is 6.42 Å². The summed E-state index contributed by atoms with van der Waals surface area (Å²) in [6.07, 6.45) is 2.16. The van der Waals surface area contributed by atoms with E-state index in [-0.39, 0.29) is 0 Å². The van der Waals surface area contributed by atoms with Gasteiger partial charge in [0, 0.05) is 23.5 Å². The van der Waals surface area contributed by atoms with Crippen molar-refractivity contribution in [2.75, 3.05) is 7.05 Å². The molecule has 0 spiro atoms. The van der Waals surface area contributed by atoms with Gasteiger partial charge in [-0.15, -0.1) is 0 Å². The molecule has 92 valence electrons. The molecule has 0 saturated heterocycles. The first-order chi connectivity index (χ1) is 8.18. The minimum Gasteiger partial charge on any atom is -0.480 e. The molecule has 0 fully saturated rings. The fourth-order valence-corrected chi connectivity index (χ4v) is 1.62. The monoisotopic (exact) mass is 235 g/mol. The van der Waals surface area contributed by atoms with E-state index in [4.69, 9.17) is 10.8 Å². The molecule has 5 nitrogen and oxygen atoms in total. The van der Waals surface area contributed by atoms with Crippen LogP contribution in [0.5, 0.6) is 0 Å². The predicted octanol–water partition coefficient (Wildman–Crippen LogP) is 0.697. The number of carbonyl (C=O) groups is 1. The number of hydrogen-bond donors (Lipinski definition) is 4. The van der Waals surface area contributed by atoms with Gasteiger partial charge in [-0.25, -0.2) is 0 Å². The molecule has 1 unspecified atom stereocenters. The Labute approximate surface area is 99.4 Å². The van der Waals surface area contributed by atoms with Gasteiger partial charge in [-0.3, -0.25) is 4.79 Å². The minimum absolute atomic E-state index is 0.347. The summed E-state index contributed by atoms with van der Waals surface area (Å²) in [5, 5.41) is 9.75. The van der Waals surface area contributed by atoms with Crippen LogP contribution in [-0.2, 0) is 11.2 Å². The van der Waals surface area contributed by atoms with Crippen LogP contribution in [0.4, 0.5) is 0 Å². The van der Waals surface area contributed by atoms with Crippen LogP contribution in [0.1, 0.15) is 5.56 Å². The van der Waals surface area contributed by atoms with E-state index in [2.05, 4.69) is 10.7 Å². The topological polar surface area (TPSA) is 105 Å². The van der Waals surface area contributed by atoms with E-state index in [1.807, 2.05) is 30.5 Å². The highest BCUT2D eigenvalue weighted by atomic mass is 16.4. The normalized spacial score (nSPS) is 11.7. The fourth-order valence-electron chi connectivity index (χ4n) is 1.62. The molecule has 0 aliphatic carbocycles. The molecule has 0 saturated carbocycles. The van der Waals surface area contributed by atoms with Crippen LogP contribution in [0.15, 0.2) is 30.5 Å². The largest absolute Gasteiger partial charge is 0.480 e. The molecule has 1 heterocycles. The molecular formula is C12H17N3O2. The third kappa shape index (κ3) is 3.05. The Morgan fingerprint density at radius 2 is 2.06 bits per heavy atom. The molecule has 0 amide bonds. The molecule has 0 aliphatic heterocycles. The molecule has 1 aromatic heterocycles. The average Bonchev–Trinajstić information content (AvgIpc) is 2.75. The highest BCUT2D eigenvalue weighted by molar-refractivity contribution is 5.84. The Bertz CT molecular complexity index is 493. The number of nitrogens with one attached hydrogen (secondary N) is 1. The second-order valence-corrected chi connectivity index (χ2v) is 3.51. The van der Waals surface area contributed by atoms with Gasteiger partial charge >= 0.3 is 5.97 Å². The third-order valence-electron chi connectivity index (χ3n) is 2.43. The summed E-state index contributed by atoms with van der Waals surface area (Å²) in [7, 11) is 1.50. The number of carboxylic acid groups (broad SMARTS) is 1. The number of aromatic amines is 1. The van der Waals surface area contributed by atoms with Gasteiger partial charge in [-0.1, -0.05) is 18.2 Å². The van der Waals surface area contributed by atoms with Crippen molar-refractivity contribution in [1.29, 1.82) is 0 Å². The average molecular weight is 235 g/mol. The lowest BCUT2D eigenvalue weighted by Crippen LogP contribution is -2.32. The Kier molecular flexibility index (Phi) is 4.68. The Hall–Kier alpha value is -1.85. The summed E-state index contributed by atoms with van der Waals surface area (Å²) < 4.78 is 0. The summed E-state index contributed by atoms with van der Waals surface area (Å²) in [6, 6.07) is 6.91. The number of fused-ring (bicyclic) bond motifs is 1. The molecule has 2 rings (SSSR count). The van der Waals surface area contributed by atoms with Gasteiger partial charge in [-0.05, 0) is 18.7 Å². The van der Waals surface area contributed by atoms with Gasteiger partial charge in [0.15, 0.2) is 0 Å². The molecule has 0 aliphatic rings. The fraction of sp³-hybridized carbons (Fsp3) is 0.250. The van der Waals surface area contributed by atoms with E-state index in [1.165, 1.54) is 7.05 Å². The number of rotatable bonds is 3. The van der Waals surface area contributed by atoms with Crippen LogP contribution in [0.2, 0.25) is 0 Å². The molecule has 0 bridgehead atoms. The van der Waals surface area contributed by atoms with Crippen LogP contribution in [-0.4, -0.2) is 29.1 Å². The van der Waals surface area contributed by atoms with Crippen LogP contribution in [0, 0.1) is 0 Å². The summed E-state index contributed by atoms with van der Waals surface area (Å²) in [4.78, 5) is 13.7. The zero-order valence-electron chi connectivity index (χ0n) is 9.68. The molecule has 5 heteroatoms. The van der Waals surface area contributed by atoms with Gasteiger partial charge < -0.3 is 21.6 Å². The van der Waals surface area contributed by atoms with Crippen molar-refractivity contribution in [2.24, 2.45) is 11.5 Å². The van der Waals surface area contributed by atoms with Crippen molar-refractivity contribution in [1.82, 2.24) is 4.98 Å². The number of hydrogen-bond acceptors (Lipinski definition) is 3. The van der Waals surface area contributed by atoms with Gasteiger partial charge in [0.2, 0.25) is 0 Å². The molecule has 6 N–H and O–H groups in total. The lowest BCUT2D eigenvalue weighted by molar-refractivity contribution is -0.138. The minimum atomic E-state index is -0.972. The SMILES string of the molecule is CN.NC(Cc1c[nH]c2ccccc12)C(=O)O. The first-order valence-corrected chi connectivity index (χ1v) is 5.29. The molecule has 2 aromatic rings. The lowest BCUT2D eigenvalue weighted by Gasteiger charge is -2.04. The Balaban J connectivity index is 0.000000686. The van der Waals surface area contributed by atoms with Crippen molar-refractivity contribution in [2.45, 2.75) is 12.5 Å². The van der Waals surface area contributed by atoms with Crippen LogP contribution < -0.4 is 11.5 Å². The highest BCUT2D eigenvalue weighted by Crippen LogP contribution is 2.18. The first kappa shape index (κ1) is 13.2. The van der Waals surface area contributed by atoms with Crippen molar-refractivity contribution >= 4 is 16.9 Å². The first-order valence-electron chi connectivity index (χ1n) is 5.29. The predicted molar refractivity (Wildman–Crippen MR) is 67.7 cm³/mol. The van der Waals surface area contributed by atoms with Crippen molar-refractivity contribution in [3.05, 3.63) is 36.0 Å². The van der Waals surface area contributed by atoms with Crippen LogP contribution >= 0.6 is 0 Å². The van der Waals surface area contributed by atoms with Crippen molar-refractivity contribution < 1.29 is 9.90 Å². The molecule has 1 atom stereocenters. The molecule has 17 heavy (non-hydrogen) atoms. The van der Waals surface area contributed by atoms with E-state index in [0.717, 1.165) is 16.5 Å². The lowest BCUT2D eigenvalue weighted by atomic mass is 10.1. The zero-order valence-corrected chi connectivity index (χ0v) is 9.68. The Morgan fingerprint density at radius 3 is 2.71 bits per heavy atom. The smallest absolute Gasteiger partial charge is 0.320 e. The van der Waals surface area contributed by atoms with E-state index >= 15 is 0 Å². The maximum atomic E-state index is 10.6. The van der Waals surface area contributed by atoms with Gasteiger partial charge in [-0.2, -0.15) is 0 Å². The zero-order chi connectivity index (χ0) is 12.8. The standard InChI is InChI=1S/C11H12N2O2.CH5N/c12-9(11(14)15)5-7-6-13-10-4-2-1-3-8(7)10;1-2/h1-4,6,9,13H,5,12H2,(H,14,15);2H2,1H3. The van der Waals surface area contributed by atoms with Crippen LogP contribution in [0.25, 0.3) is 10.9 Å². The number of nitrogens with two attached hydrogens (primary N) is 2. The number of carboxylic acids is 1. The second-order valence-electron chi connectivity index (χ2n) is 3.51. The number of H-pyrrole nitrogens is 1. The Morgan fingerprint density at radius 1 is 1.41 bits per heavy atom. The third-order valence-corrected chi connectivity index (χ3v) is 2.43. The van der Waals surface area contributed by atoms with E-state index < -0.39 is 12.0 Å². The van der Waals surface area contributed by atoms with Crippen molar-refractivity contribution in [3.63, 3.8) is 0 Å². The second kappa shape index (κ2) is 6.03. The van der Waals surface area contributed by atoms with Gasteiger partial charge in [0.05, 0.1) is 0 Å².